The first-order chi connectivity index (χ1) is 5.45. The first-order valence-corrected chi connectivity index (χ1v) is 5.10. The van der Waals surface area contributed by atoms with Crippen LogP contribution in [0.4, 0.5) is 0 Å². The van der Waals surface area contributed by atoms with Crippen LogP contribution in [0, 0.1) is 5.41 Å². The van der Waals surface area contributed by atoms with Crippen molar-refractivity contribution >= 4 is 17.7 Å². The quantitative estimate of drug-likeness (QED) is 0.672. The number of hydrogen-bond acceptors (Lipinski definition) is 4. The second-order valence-electron chi connectivity index (χ2n) is 3.35. The zero-order valence-electron chi connectivity index (χ0n) is 7.96. The van der Waals surface area contributed by atoms with Gasteiger partial charge in [-0.1, -0.05) is 13.8 Å². The molecule has 4 heteroatoms. The number of ether oxygens (including phenoxy) is 1. The first-order valence-electron chi connectivity index (χ1n) is 3.70. The zero-order valence-corrected chi connectivity index (χ0v) is 8.77. The number of thioether (sulfide) groups is 1. The summed E-state index contributed by atoms with van der Waals surface area (Å²) in [6.45, 7) is 3.68. The molecule has 0 radical (unpaired) electrons. The SMILES string of the molecule is COC(=O)C(O)C(C)(C)CSC. The van der Waals surface area contributed by atoms with E-state index in [9.17, 15) is 9.90 Å². The van der Waals surface area contributed by atoms with Crippen molar-refractivity contribution in [1.82, 2.24) is 0 Å². The van der Waals surface area contributed by atoms with E-state index in [4.69, 9.17) is 0 Å². The fourth-order valence-corrected chi connectivity index (χ4v) is 1.78. The van der Waals surface area contributed by atoms with Gasteiger partial charge in [0, 0.05) is 11.2 Å². The predicted molar refractivity (Wildman–Crippen MR) is 50.2 cm³/mol. The first kappa shape index (κ1) is 11.8. The van der Waals surface area contributed by atoms with Crippen molar-refractivity contribution in [3.8, 4) is 0 Å². The topological polar surface area (TPSA) is 46.5 Å². The third-order valence-corrected chi connectivity index (χ3v) is 2.71. The monoisotopic (exact) mass is 192 g/mol. The van der Waals surface area contributed by atoms with Crippen LogP contribution < -0.4 is 0 Å². The Balaban J connectivity index is 4.23. The third kappa shape index (κ3) is 3.03. The van der Waals surface area contributed by atoms with Gasteiger partial charge in [0.15, 0.2) is 6.10 Å². The van der Waals surface area contributed by atoms with Gasteiger partial charge in [-0.15, -0.1) is 0 Å². The molecule has 0 saturated heterocycles. The standard InChI is InChI=1S/C8H16O3S/c1-8(2,5-12-4)6(9)7(10)11-3/h6,9H,5H2,1-4H3. The van der Waals surface area contributed by atoms with E-state index >= 15 is 0 Å². The normalized spacial score (nSPS) is 14.1. The minimum atomic E-state index is -1.03. The highest BCUT2D eigenvalue weighted by Gasteiger charge is 2.33. The second-order valence-corrected chi connectivity index (χ2v) is 4.21. The lowest BCUT2D eigenvalue weighted by atomic mass is 9.89. The summed E-state index contributed by atoms with van der Waals surface area (Å²) in [5.74, 6) is 0.164. The molecule has 0 bridgehead atoms. The molecule has 0 heterocycles. The molecule has 0 rings (SSSR count). The van der Waals surface area contributed by atoms with E-state index in [1.807, 2.05) is 20.1 Å². The molecule has 0 aromatic carbocycles. The minimum absolute atomic E-state index is 0.424. The Morgan fingerprint density at radius 2 is 2.17 bits per heavy atom. The van der Waals surface area contributed by atoms with Gasteiger partial charge in [-0.2, -0.15) is 11.8 Å². The molecule has 0 amide bonds. The van der Waals surface area contributed by atoms with Crippen LogP contribution in [0.3, 0.4) is 0 Å². The van der Waals surface area contributed by atoms with Crippen LogP contribution in [-0.4, -0.2) is 36.3 Å². The molecule has 1 unspecified atom stereocenters. The smallest absolute Gasteiger partial charge is 0.335 e. The summed E-state index contributed by atoms with van der Waals surface area (Å²) >= 11 is 1.60. The molecule has 1 atom stereocenters. The number of rotatable bonds is 4. The third-order valence-electron chi connectivity index (χ3n) is 1.68. The van der Waals surface area contributed by atoms with Crippen LogP contribution in [0.15, 0.2) is 0 Å². The van der Waals surface area contributed by atoms with E-state index in [0.717, 1.165) is 5.75 Å². The Morgan fingerprint density at radius 1 is 1.67 bits per heavy atom. The van der Waals surface area contributed by atoms with E-state index in [1.54, 1.807) is 11.8 Å². The summed E-state index contributed by atoms with van der Waals surface area (Å²) in [5, 5.41) is 9.49. The van der Waals surface area contributed by atoms with Crippen molar-refractivity contribution < 1.29 is 14.6 Å². The molecule has 72 valence electrons. The molecule has 3 nitrogen and oxygen atoms in total. The van der Waals surface area contributed by atoms with Gasteiger partial charge >= 0.3 is 5.97 Å². The second kappa shape index (κ2) is 4.72. The zero-order chi connectivity index (χ0) is 9.78. The molecule has 0 aromatic rings. The van der Waals surface area contributed by atoms with Crippen molar-refractivity contribution in [2.45, 2.75) is 20.0 Å². The van der Waals surface area contributed by atoms with E-state index in [2.05, 4.69) is 4.74 Å². The average molecular weight is 192 g/mol. The summed E-state index contributed by atoms with van der Waals surface area (Å²) in [7, 11) is 1.28. The van der Waals surface area contributed by atoms with Gasteiger partial charge < -0.3 is 9.84 Å². The number of carbonyl (C=O) groups excluding carboxylic acids is 1. The Bertz CT molecular complexity index is 156. The van der Waals surface area contributed by atoms with Gasteiger partial charge in [0.25, 0.3) is 0 Å². The maximum Gasteiger partial charge on any atom is 0.335 e. The Hall–Kier alpha value is -0.220. The highest BCUT2D eigenvalue weighted by molar-refractivity contribution is 7.98. The molecule has 0 aromatic heterocycles. The summed E-state index contributed by atoms with van der Waals surface area (Å²) in [6.07, 6.45) is 0.904. The van der Waals surface area contributed by atoms with Crippen LogP contribution in [0.25, 0.3) is 0 Å². The molecular formula is C8H16O3S. The molecular weight excluding hydrogens is 176 g/mol. The maximum absolute atomic E-state index is 11.0. The van der Waals surface area contributed by atoms with Crippen LogP contribution in [0.1, 0.15) is 13.8 Å². The molecule has 12 heavy (non-hydrogen) atoms. The van der Waals surface area contributed by atoms with Crippen LogP contribution in [0.5, 0.6) is 0 Å². The number of hydrogen-bond donors (Lipinski definition) is 1. The van der Waals surface area contributed by atoms with Gasteiger partial charge in [-0.3, -0.25) is 0 Å². The van der Waals surface area contributed by atoms with Crippen molar-refractivity contribution in [2.24, 2.45) is 5.41 Å². The lowest BCUT2D eigenvalue weighted by Gasteiger charge is -2.27. The summed E-state index contributed by atoms with van der Waals surface area (Å²) in [6, 6.07) is 0. The van der Waals surface area contributed by atoms with Gasteiger partial charge in [0.2, 0.25) is 0 Å². The number of aliphatic hydroxyl groups excluding tert-OH is 1. The minimum Gasteiger partial charge on any atom is -0.467 e. The van der Waals surface area contributed by atoms with E-state index in [1.165, 1.54) is 7.11 Å². The fraction of sp³-hybridized carbons (Fsp3) is 0.875. The van der Waals surface area contributed by atoms with Gasteiger partial charge in [0.05, 0.1) is 7.11 Å². The molecule has 0 fully saturated rings. The summed E-state index contributed by atoms with van der Waals surface area (Å²) in [4.78, 5) is 11.0. The number of esters is 1. The number of carbonyl (C=O) groups is 1. The molecule has 1 N–H and O–H groups in total. The van der Waals surface area contributed by atoms with Crippen LogP contribution in [0.2, 0.25) is 0 Å². The van der Waals surface area contributed by atoms with Crippen molar-refractivity contribution in [3.63, 3.8) is 0 Å². The predicted octanol–water partition coefficient (Wildman–Crippen LogP) is 0.909. The molecule has 0 aliphatic heterocycles. The highest BCUT2D eigenvalue weighted by atomic mass is 32.2. The van der Waals surface area contributed by atoms with E-state index in [0.29, 0.717) is 0 Å². The lowest BCUT2D eigenvalue weighted by molar-refractivity contribution is -0.155. The average Bonchev–Trinajstić information content (AvgIpc) is 2.01. The number of methoxy groups -OCH3 is 1. The Labute approximate surface area is 77.5 Å². The Kier molecular flexibility index (Phi) is 4.63. The van der Waals surface area contributed by atoms with Crippen LogP contribution in [-0.2, 0) is 9.53 Å². The van der Waals surface area contributed by atoms with Crippen molar-refractivity contribution in [3.05, 3.63) is 0 Å². The van der Waals surface area contributed by atoms with Crippen LogP contribution >= 0.6 is 11.8 Å². The maximum atomic E-state index is 11.0. The fourth-order valence-electron chi connectivity index (χ4n) is 0.882. The van der Waals surface area contributed by atoms with Gasteiger partial charge in [-0.05, 0) is 6.26 Å². The van der Waals surface area contributed by atoms with Gasteiger partial charge in [-0.25, -0.2) is 4.79 Å². The van der Waals surface area contributed by atoms with E-state index < -0.39 is 17.5 Å². The number of aliphatic hydroxyl groups is 1. The summed E-state index contributed by atoms with van der Waals surface area (Å²) in [5.41, 5.74) is -0.424. The summed E-state index contributed by atoms with van der Waals surface area (Å²) < 4.78 is 4.45. The lowest BCUT2D eigenvalue weighted by Crippen LogP contribution is -2.39. The molecule has 0 saturated carbocycles. The van der Waals surface area contributed by atoms with Gasteiger partial charge in [0.1, 0.15) is 0 Å². The van der Waals surface area contributed by atoms with E-state index in [-0.39, 0.29) is 0 Å². The van der Waals surface area contributed by atoms with Crippen molar-refractivity contribution in [1.29, 1.82) is 0 Å². The molecule has 0 spiro atoms. The molecule has 0 aliphatic carbocycles. The highest BCUT2D eigenvalue weighted by Crippen LogP contribution is 2.25. The molecule has 0 aliphatic rings. The Morgan fingerprint density at radius 3 is 2.50 bits per heavy atom. The largest absolute Gasteiger partial charge is 0.467 e. The van der Waals surface area contributed by atoms with Crippen molar-refractivity contribution in [2.75, 3.05) is 19.1 Å².